The summed E-state index contributed by atoms with van der Waals surface area (Å²) in [6.45, 7) is 0.522. The lowest BCUT2D eigenvalue weighted by molar-refractivity contribution is 0.460. The van der Waals surface area contributed by atoms with Crippen LogP contribution in [-0.4, -0.2) is 19.4 Å². The molecular weight excluding hydrogens is 358 g/mol. The summed E-state index contributed by atoms with van der Waals surface area (Å²) < 4.78 is 32.8. The molecule has 1 saturated carbocycles. The van der Waals surface area contributed by atoms with Crippen LogP contribution >= 0.6 is 15.9 Å². The third-order valence-corrected chi connectivity index (χ3v) is 5.31. The largest absolute Gasteiger partial charge is 0.451 e. The van der Waals surface area contributed by atoms with E-state index in [2.05, 4.69) is 31.0 Å². The number of nitrogens with zero attached hydrogens (tertiary/aromatic N) is 1. The average molecular weight is 372 g/mol. The summed E-state index contributed by atoms with van der Waals surface area (Å²) >= 11 is 3.16. The molecular formula is C13H14BrN3O3S. The highest BCUT2D eigenvalue weighted by Crippen LogP contribution is 2.28. The first kappa shape index (κ1) is 14.6. The number of furan rings is 1. The predicted molar refractivity (Wildman–Crippen MR) is 81.3 cm³/mol. The van der Waals surface area contributed by atoms with E-state index in [-0.39, 0.29) is 9.56 Å². The maximum Gasteiger partial charge on any atom is 0.266 e. The number of sulfonamides is 1. The molecule has 112 valence electrons. The van der Waals surface area contributed by atoms with Crippen molar-refractivity contribution >= 4 is 31.6 Å². The van der Waals surface area contributed by atoms with Gasteiger partial charge >= 0.3 is 0 Å². The van der Waals surface area contributed by atoms with Crippen LogP contribution in [0.1, 0.15) is 18.6 Å². The summed E-state index contributed by atoms with van der Waals surface area (Å²) in [6, 6.07) is 5.23. The van der Waals surface area contributed by atoms with Crippen LogP contribution in [0, 0.1) is 0 Å². The number of halogens is 1. The van der Waals surface area contributed by atoms with Gasteiger partial charge in [0.25, 0.3) is 10.0 Å². The highest BCUT2D eigenvalue weighted by Gasteiger charge is 2.24. The highest BCUT2D eigenvalue weighted by molar-refractivity contribution is 9.10. The van der Waals surface area contributed by atoms with Gasteiger partial charge in [-0.3, -0.25) is 9.71 Å². The Balaban J connectivity index is 1.77. The number of pyridine rings is 1. The normalized spacial score (nSPS) is 15.1. The predicted octanol–water partition coefficient (Wildman–Crippen LogP) is 2.49. The van der Waals surface area contributed by atoms with E-state index in [1.807, 2.05) is 0 Å². The van der Waals surface area contributed by atoms with Gasteiger partial charge < -0.3 is 9.73 Å². The zero-order valence-corrected chi connectivity index (χ0v) is 13.4. The van der Waals surface area contributed by atoms with Gasteiger partial charge in [0.05, 0.1) is 12.2 Å². The SMILES string of the molecule is O=S(=O)(Nc1ccncc1)c1cc(CNC2CC2)oc1Br. The molecule has 6 nitrogen and oxygen atoms in total. The van der Waals surface area contributed by atoms with Crippen LogP contribution in [0.2, 0.25) is 0 Å². The molecule has 3 rings (SSSR count). The van der Waals surface area contributed by atoms with Crippen molar-refractivity contribution in [1.82, 2.24) is 10.3 Å². The summed E-state index contributed by atoms with van der Waals surface area (Å²) in [5, 5.41) is 3.28. The monoisotopic (exact) mass is 371 g/mol. The van der Waals surface area contributed by atoms with Gasteiger partial charge in [-0.25, -0.2) is 8.42 Å². The summed E-state index contributed by atoms with van der Waals surface area (Å²) in [7, 11) is -3.69. The van der Waals surface area contributed by atoms with Gasteiger partial charge in [0.2, 0.25) is 0 Å². The zero-order valence-electron chi connectivity index (χ0n) is 11.0. The minimum Gasteiger partial charge on any atom is -0.451 e. The second-order valence-electron chi connectivity index (χ2n) is 4.85. The molecule has 0 radical (unpaired) electrons. The number of nitrogens with one attached hydrogen (secondary N) is 2. The molecule has 8 heteroatoms. The lowest BCUT2D eigenvalue weighted by atomic mass is 10.4. The van der Waals surface area contributed by atoms with E-state index in [1.165, 1.54) is 18.5 Å². The maximum absolute atomic E-state index is 12.3. The van der Waals surface area contributed by atoms with Gasteiger partial charge in [0.15, 0.2) is 4.67 Å². The molecule has 0 amide bonds. The van der Waals surface area contributed by atoms with E-state index in [1.54, 1.807) is 12.1 Å². The number of aromatic nitrogens is 1. The fourth-order valence-electron chi connectivity index (χ4n) is 1.83. The lowest BCUT2D eigenvalue weighted by Crippen LogP contribution is -2.15. The molecule has 2 aromatic heterocycles. The van der Waals surface area contributed by atoms with Crippen LogP contribution in [0.3, 0.4) is 0 Å². The molecule has 1 aliphatic carbocycles. The summed E-state index contributed by atoms with van der Waals surface area (Å²) in [5.41, 5.74) is 0.454. The van der Waals surface area contributed by atoms with E-state index in [0.29, 0.717) is 24.0 Å². The summed E-state index contributed by atoms with van der Waals surface area (Å²) in [5.74, 6) is 0.587. The van der Waals surface area contributed by atoms with E-state index < -0.39 is 10.0 Å². The van der Waals surface area contributed by atoms with Crippen LogP contribution in [0.15, 0.2) is 44.6 Å². The fourth-order valence-corrected chi connectivity index (χ4v) is 3.89. The Labute approximate surface area is 131 Å². The van der Waals surface area contributed by atoms with E-state index >= 15 is 0 Å². The second kappa shape index (κ2) is 5.78. The molecule has 2 N–H and O–H groups in total. The Hall–Kier alpha value is -1.38. The van der Waals surface area contributed by atoms with Gasteiger partial charge in [-0.05, 0) is 40.9 Å². The fraction of sp³-hybridized carbons (Fsp3) is 0.308. The molecule has 0 spiro atoms. The Morgan fingerprint density at radius 1 is 1.33 bits per heavy atom. The first-order valence-electron chi connectivity index (χ1n) is 6.49. The number of hydrogen-bond acceptors (Lipinski definition) is 5. The lowest BCUT2D eigenvalue weighted by Gasteiger charge is -2.05. The minimum atomic E-state index is -3.69. The third kappa shape index (κ3) is 3.63. The molecule has 0 aromatic carbocycles. The topological polar surface area (TPSA) is 84.2 Å². The quantitative estimate of drug-likeness (QED) is 0.814. The minimum absolute atomic E-state index is 0.0897. The third-order valence-electron chi connectivity index (χ3n) is 3.07. The Kier molecular flexibility index (Phi) is 4.01. The Bertz CT molecular complexity index is 726. The van der Waals surface area contributed by atoms with Gasteiger partial charge in [0.1, 0.15) is 10.7 Å². The van der Waals surface area contributed by atoms with Gasteiger partial charge in [-0.15, -0.1) is 0 Å². The molecule has 2 aromatic rings. The van der Waals surface area contributed by atoms with E-state index in [0.717, 1.165) is 12.8 Å². The van der Waals surface area contributed by atoms with Crippen LogP contribution in [0.5, 0.6) is 0 Å². The Morgan fingerprint density at radius 3 is 2.71 bits per heavy atom. The smallest absolute Gasteiger partial charge is 0.266 e. The number of anilines is 1. The standard InChI is InChI=1S/C13H14BrN3O3S/c14-13-12(7-11(20-13)8-16-9-1-2-9)21(18,19)17-10-3-5-15-6-4-10/h3-7,9,16H,1-2,8H2,(H,15,17). The maximum atomic E-state index is 12.3. The van der Waals surface area contributed by atoms with Crippen molar-refractivity contribution in [3.05, 3.63) is 41.0 Å². The van der Waals surface area contributed by atoms with Crippen molar-refractivity contribution in [3.63, 3.8) is 0 Å². The van der Waals surface area contributed by atoms with Crippen molar-refractivity contribution in [2.75, 3.05) is 4.72 Å². The van der Waals surface area contributed by atoms with Crippen molar-refractivity contribution in [3.8, 4) is 0 Å². The van der Waals surface area contributed by atoms with E-state index in [9.17, 15) is 8.42 Å². The Morgan fingerprint density at radius 2 is 2.05 bits per heavy atom. The molecule has 21 heavy (non-hydrogen) atoms. The van der Waals surface area contributed by atoms with Crippen LogP contribution < -0.4 is 10.0 Å². The first-order chi connectivity index (χ1) is 10.0. The molecule has 1 aliphatic rings. The zero-order chi connectivity index (χ0) is 14.9. The summed E-state index contributed by atoms with van der Waals surface area (Å²) in [4.78, 5) is 3.94. The second-order valence-corrected chi connectivity index (χ2v) is 7.22. The molecule has 0 saturated heterocycles. The molecule has 1 fully saturated rings. The van der Waals surface area contributed by atoms with Crippen molar-refractivity contribution in [1.29, 1.82) is 0 Å². The van der Waals surface area contributed by atoms with Crippen molar-refractivity contribution in [2.45, 2.75) is 30.3 Å². The van der Waals surface area contributed by atoms with E-state index in [4.69, 9.17) is 4.42 Å². The van der Waals surface area contributed by atoms with Gasteiger partial charge in [-0.2, -0.15) is 0 Å². The van der Waals surface area contributed by atoms with Crippen molar-refractivity contribution < 1.29 is 12.8 Å². The van der Waals surface area contributed by atoms with Crippen LogP contribution in [0.4, 0.5) is 5.69 Å². The average Bonchev–Trinajstić information content (AvgIpc) is 3.19. The van der Waals surface area contributed by atoms with Gasteiger partial charge in [0, 0.05) is 24.5 Å². The van der Waals surface area contributed by atoms with Crippen molar-refractivity contribution in [2.24, 2.45) is 0 Å². The van der Waals surface area contributed by atoms with Crippen LogP contribution in [-0.2, 0) is 16.6 Å². The molecule has 0 unspecified atom stereocenters. The highest BCUT2D eigenvalue weighted by atomic mass is 79.9. The number of hydrogen-bond donors (Lipinski definition) is 2. The molecule has 0 atom stereocenters. The molecule has 0 aliphatic heterocycles. The number of rotatable bonds is 6. The molecule has 0 bridgehead atoms. The first-order valence-corrected chi connectivity index (χ1v) is 8.77. The molecule has 2 heterocycles. The van der Waals surface area contributed by atoms with Gasteiger partial charge in [-0.1, -0.05) is 0 Å². The van der Waals surface area contributed by atoms with Crippen LogP contribution in [0.25, 0.3) is 0 Å². The summed E-state index contributed by atoms with van der Waals surface area (Å²) in [6.07, 6.45) is 5.37.